The van der Waals surface area contributed by atoms with E-state index < -0.39 is 0 Å². The van der Waals surface area contributed by atoms with E-state index in [0.717, 1.165) is 22.2 Å². The van der Waals surface area contributed by atoms with Crippen molar-refractivity contribution in [3.63, 3.8) is 0 Å². The minimum atomic E-state index is 0.128. The zero-order valence-electron chi connectivity index (χ0n) is 8.79. The zero-order chi connectivity index (χ0) is 10.8. The van der Waals surface area contributed by atoms with E-state index >= 15 is 0 Å². The van der Waals surface area contributed by atoms with Crippen molar-refractivity contribution in [2.75, 3.05) is 7.11 Å². The number of ether oxygens (including phenoxy) is 1. The summed E-state index contributed by atoms with van der Waals surface area (Å²) < 4.78 is 6.87. The van der Waals surface area contributed by atoms with Crippen LogP contribution >= 0.6 is 15.9 Å². The summed E-state index contributed by atoms with van der Waals surface area (Å²) in [6, 6.07) is 6.20. The Balaban J connectivity index is 2.31. The molecule has 2 atom stereocenters. The zero-order valence-corrected chi connectivity index (χ0v) is 10.4. The minimum Gasteiger partial charge on any atom is -0.488 e. The lowest BCUT2D eigenvalue weighted by Crippen LogP contribution is -2.29. The predicted octanol–water partition coefficient (Wildman–Crippen LogP) is 2.81. The van der Waals surface area contributed by atoms with Gasteiger partial charge >= 0.3 is 0 Å². The van der Waals surface area contributed by atoms with Crippen LogP contribution in [0.1, 0.15) is 24.9 Å². The molecule has 0 aliphatic carbocycles. The molecule has 1 heterocycles. The molecule has 2 unspecified atom stereocenters. The van der Waals surface area contributed by atoms with Gasteiger partial charge in [-0.3, -0.25) is 0 Å². The molecule has 0 radical (unpaired) electrons. The van der Waals surface area contributed by atoms with Crippen molar-refractivity contribution in [1.29, 1.82) is 0 Å². The summed E-state index contributed by atoms with van der Waals surface area (Å²) in [5.74, 6) is 0.936. The van der Waals surface area contributed by atoms with Crippen LogP contribution in [0.5, 0.6) is 5.75 Å². The lowest BCUT2D eigenvalue weighted by Gasteiger charge is -2.17. The molecule has 82 valence electrons. The molecule has 15 heavy (non-hydrogen) atoms. The van der Waals surface area contributed by atoms with Crippen molar-refractivity contribution in [1.82, 2.24) is 5.48 Å². The van der Waals surface area contributed by atoms with Crippen LogP contribution in [0.4, 0.5) is 0 Å². The van der Waals surface area contributed by atoms with E-state index in [0.29, 0.717) is 0 Å². The lowest BCUT2D eigenvalue weighted by molar-refractivity contribution is 0.0283. The average molecular weight is 272 g/mol. The fourth-order valence-electron chi connectivity index (χ4n) is 1.88. The second kappa shape index (κ2) is 4.51. The van der Waals surface area contributed by atoms with E-state index in [2.05, 4.69) is 34.4 Å². The highest BCUT2D eigenvalue weighted by Gasteiger charge is 2.33. The van der Waals surface area contributed by atoms with Crippen molar-refractivity contribution in [3.8, 4) is 5.75 Å². The van der Waals surface area contributed by atoms with Gasteiger partial charge in [0.2, 0.25) is 0 Å². The Morgan fingerprint density at radius 2 is 2.33 bits per heavy atom. The molecular formula is C11H14BrNO2. The Hall–Kier alpha value is -0.580. The molecule has 1 N–H and O–H groups in total. The third-order valence-electron chi connectivity index (χ3n) is 2.61. The summed E-state index contributed by atoms with van der Waals surface area (Å²) in [7, 11) is 1.63. The van der Waals surface area contributed by atoms with E-state index in [9.17, 15) is 0 Å². The molecule has 0 bridgehead atoms. The van der Waals surface area contributed by atoms with Gasteiger partial charge in [-0.15, -0.1) is 0 Å². The van der Waals surface area contributed by atoms with Gasteiger partial charge in [0.05, 0.1) is 13.2 Å². The van der Waals surface area contributed by atoms with Crippen molar-refractivity contribution in [2.24, 2.45) is 0 Å². The highest BCUT2D eigenvalue weighted by Crippen LogP contribution is 2.39. The minimum absolute atomic E-state index is 0.128. The Labute approximate surface area is 97.8 Å². The molecule has 2 rings (SSSR count). The van der Waals surface area contributed by atoms with Gasteiger partial charge in [-0.1, -0.05) is 28.9 Å². The number of nitrogens with one attached hydrogen (secondary N) is 1. The molecule has 0 amide bonds. The van der Waals surface area contributed by atoms with Crippen LogP contribution < -0.4 is 10.2 Å². The maximum absolute atomic E-state index is 5.83. The largest absolute Gasteiger partial charge is 0.488 e. The molecule has 1 aromatic carbocycles. The Kier molecular flexibility index (Phi) is 3.29. The number of benzene rings is 1. The summed E-state index contributed by atoms with van der Waals surface area (Å²) in [6.07, 6.45) is 1.10. The van der Waals surface area contributed by atoms with Crippen LogP contribution in [-0.2, 0) is 4.84 Å². The SMILES string of the molecule is CCC1Oc2cc(Br)ccc2C1NOC. The second-order valence-electron chi connectivity index (χ2n) is 3.55. The molecular weight excluding hydrogens is 258 g/mol. The number of hydroxylamine groups is 1. The number of hydrogen-bond donors (Lipinski definition) is 1. The van der Waals surface area contributed by atoms with Gasteiger partial charge in [0.15, 0.2) is 0 Å². The maximum Gasteiger partial charge on any atom is 0.125 e. The molecule has 1 aromatic rings. The predicted molar refractivity (Wildman–Crippen MR) is 61.7 cm³/mol. The van der Waals surface area contributed by atoms with Crippen LogP contribution in [0.3, 0.4) is 0 Å². The summed E-state index contributed by atoms with van der Waals surface area (Å²) in [5.41, 5.74) is 4.14. The molecule has 0 aromatic heterocycles. The first-order valence-corrected chi connectivity index (χ1v) is 5.80. The van der Waals surface area contributed by atoms with Crippen molar-refractivity contribution in [2.45, 2.75) is 25.5 Å². The maximum atomic E-state index is 5.83. The number of fused-ring (bicyclic) bond motifs is 1. The normalized spacial score (nSPS) is 23.7. The molecule has 1 aliphatic heterocycles. The van der Waals surface area contributed by atoms with E-state index in [1.165, 1.54) is 0 Å². The monoisotopic (exact) mass is 271 g/mol. The van der Waals surface area contributed by atoms with E-state index in [4.69, 9.17) is 9.57 Å². The average Bonchev–Trinajstić information content (AvgIpc) is 2.56. The first kappa shape index (κ1) is 10.9. The molecule has 0 spiro atoms. The van der Waals surface area contributed by atoms with Gasteiger partial charge < -0.3 is 9.57 Å². The molecule has 0 saturated carbocycles. The smallest absolute Gasteiger partial charge is 0.125 e. The van der Waals surface area contributed by atoms with Crippen LogP contribution in [0.15, 0.2) is 22.7 Å². The van der Waals surface area contributed by atoms with Crippen LogP contribution in [0, 0.1) is 0 Å². The highest BCUT2D eigenvalue weighted by atomic mass is 79.9. The lowest BCUT2D eigenvalue weighted by atomic mass is 10.0. The fourth-order valence-corrected chi connectivity index (χ4v) is 2.22. The van der Waals surface area contributed by atoms with Crippen LogP contribution in [0.25, 0.3) is 0 Å². The summed E-state index contributed by atoms with van der Waals surface area (Å²) in [5, 5.41) is 0. The molecule has 3 nitrogen and oxygen atoms in total. The molecule has 0 saturated heterocycles. The standard InChI is InChI=1S/C11H14BrNO2/c1-3-9-11(13-14-2)8-5-4-7(12)6-10(8)15-9/h4-6,9,11,13H,3H2,1-2H3. The molecule has 1 aliphatic rings. The Bertz CT molecular complexity index is 356. The second-order valence-corrected chi connectivity index (χ2v) is 4.46. The third-order valence-corrected chi connectivity index (χ3v) is 3.10. The van der Waals surface area contributed by atoms with Crippen molar-refractivity contribution < 1.29 is 9.57 Å². The Morgan fingerprint density at radius 3 is 3.00 bits per heavy atom. The van der Waals surface area contributed by atoms with Gasteiger partial charge in [0, 0.05) is 10.0 Å². The van der Waals surface area contributed by atoms with E-state index in [1.807, 2.05) is 12.1 Å². The van der Waals surface area contributed by atoms with Gasteiger partial charge in [0.1, 0.15) is 11.9 Å². The van der Waals surface area contributed by atoms with Gasteiger partial charge in [0.25, 0.3) is 0 Å². The quantitative estimate of drug-likeness (QED) is 0.858. The Morgan fingerprint density at radius 1 is 1.53 bits per heavy atom. The first-order valence-electron chi connectivity index (χ1n) is 5.01. The summed E-state index contributed by atoms with van der Waals surface area (Å²) >= 11 is 3.43. The van der Waals surface area contributed by atoms with Crippen molar-refractivity contribution >= 4 is 15.9 Å². The van der Waals surface area contributed by atoms with Crippen LogP contribution in [-0.4, -0.2) is 13.2 Å². The first-order chi connectivity index (χ1) is 7.26. The molecule has 0 fully saturated rings. The van der Waals surface area contributed by atoms with Crippen molar-refractivity contribution in [3.05, 3.63) is 28.2 Å². The van der Waals surface area contributed by atoms with Gasteiger partial charge in [-0.05, 0) is 18.6 Å². The summed E-state index contributed by atoms with van der Waals surface area (Å²) in [6.45, 7) is 2.11. The van der Waals surface area contributed by atoms with Gasteiger partial charge in [-0.2, -0.15) is 5.48 Å². The van der Waals surface area contributed by atoms with E-state index in [-0.39, 0.29) is 12.1 Å². The number of rotatable bonds is 3. The third kappa shape index (κ3) is 2.02. The fraction of sp³-hybridized carbons (Fsp3) is 0.455. The van der Waals surface area contributed by atoms with E-state index in [1.54, 1.807) is 7.11 Å². The number of hydrogen-bond acceptors (Lipinski definition) is 3. The topological polar surface area (TPSA) is 30.5 Å². The van der Waals surface area contributed by atoms with Crippen LogP contribution in [0.2, 0.25) is 0 Å². The molecule has 4 heteroatoms. The highest BCUT2D eigenvalue weighted by molar-refractivity contribution is 9.10. The summed E-state index contributed by atoms with van der Waals surface area (Å²) in [4.78, 5) is 5.00. The number of halogens is 1. The van der Waals surface area contributed by atoms with Gasteiger partial charge in [-0.25, -0.2) is 0 Å².